The monoisotopic (exact) mass is 572 g/mol. The molecule has 0 aliphatic heterocycles. The number of carbonyl (C=O) groups excluding carboxylic acids is 1. The molecule has 0 spiro atoms. The fourth-order valence-electron chi connectivity index (χ4n) is 5.74. The average Bonchev–Trinajstić information content (AvgIpc) is 3.67. The highest BCUT2D eigenvalue weighted by Gasteiger charge is 2.38. The van der Waals surface area contributed by atoms with Gasteiger partial charge in [-0.25, -0.2) is 9.78 Å². The molecule has 43 heavy (non-hydrogen) atoms. The van der Waals surface area contributed by atoms with E-state index < -0.39 is 11.5 Å². The first-order chi connectivity index (χ1) is 21.1. The van der Waals surface area contributed by atoms with Crippen LogP contribution in [0.25, 0.3) is 10.9 Å². The molecule has 0 atom stereocenters. The first kappa shape index (κ1) is 27.8. The number of hydrogen-bond acceptors (Lipinski definition) is 6. The number of rotatable bonds is 10. The Kier molecular flexibility index (Phi) is 7.66. The number of esters is 1. The molecule has 0 saturated carbocycles. The van der Waals surface area contributed by atoms with Gasteiger partial charge in [0.15, 0.2) is 17.2 Å². The van der Waals surface area contributed by atoms with Gasteiger partial charge in [-0.3, -0.25) is 4.68 Å². The molecule has 8 heteroatoms. The number of benzene rings is 4. The van der Waals surface area contributed by atoms with Crippen molar-refractivity contribution in [2.75, 3.05) is 20.8 Å². The summed E-state index contributed by atoms with van der Waals surface area (Å²) in [4.78, 5) is 17.8. The van der Waals surface area contributed by atoms with E-state index in [-0.39, 0.29) is 12.3 Å². The van der Waals surface area contributed by atoms with E-state index in [9.17, 15) is 4.79 Å². The van der Waals surface area contributed by atoms with E-state index in [4.69, 9.17) is 19.2 Å². The van der Waals surface area contributed by atoms with E-state index >= 15 is 0 Å². The molecule has 2 heterocycles. The molecule has 0 fully saturated rings. The molecule has 0 saturated heterocycles. The van der Waals surface area contributed by atoms with Gasteiger partial charge in [-0.15, -0.1) is 0 Å². The lowest BCUT2D eigenvalue weighted by atomic mass is 9.77. The predicted octanol–water partition coefficient (Wildman–Crippen LogP) is 6.32. The third-order valence-corrected chi connectivity index (χ3v) is 7.63. The van der Waals surface area contributed by atoms with Crippen molar-refractivity contribution in [1.82, 2.24) is 19.3 Å². The van der Waals surface area contributed by atoms with E-state index in [0.29, 0.717) is 28.9 Å². The fraction of sp³-hybridized carbons (Fsp3) is 0.171. The Labute approximate surface area is 250 Å². The Hall–Kier alpha value is -5.37. The zero-order valence-electron chi connectivity index (χ0n) is 24.3. The molecule has 0 amide bonds. The zero-order valence-corrected chi connectivity index (χ0v) is 24.3. The minimum absolute atomic E-state index is 0.212. The van der Waals surface area contributed by atoms with E-state index in [1.165, 1.54) is 0 Å². The molecule has 0 aliphatic rings. The first-order valence-corrected chi connectivity index (χ1v) is 14.1. The molecule has 6 rings (SSSR count). The molecular weight excluding hydrogens is 540 g/mol. The number of imidazole rings is 1. The standard InChI is InChI=1S/C35H32N4O4/c1-4-43-34(40)33-29-20-31(41-2)32(42-3)21-30(29)39(37-33)23-28-22-38(24-36-28)35(25-14-8-5-9-15-25,26-16-10-6-11-17-26)27-18-12-7-13-19-27/h5-22,24H,4,23H2,1-3H3. The Morgan fingerprint density at radius 2 is 1.33 bits per heavy atom. The van der Waals surface area contributed by atoms with Crippen LogP contribution in [0.4, 0.5) is 0 Å². The van der Waals surface area contributed by atoms with Crippen molar-refractivity contribution in [3.63, 3.8) is 0 Å². The molecule has 0 N–H and O–H groups in total. The van der Waals surface area contributed by atoms with Crippen LogP contribution in [0.15, 0.2) is 116 Å². The molecule has 216 valence electrons. The van der Waals surface area contributed by atoms with Crippen LogP contribution < -0.4 is 9.47 Å². The SMILES string of the molecule is CCOC(=O)c1nn(Cc2cn(C(c3ccccc3)(c3ccccc3)c3ccccc3)cn2)c2cc(OC)c(OC)cc12. The second-order valence-electron chi connectivity index (χ2n) is 10.0. The van der Waals surface area contributed by atoms with Crippen LogP contribution in [0.2, 0.25) is 0 Å². The van der Waals surface area contributed by atoms with Crippen LogP contribution in [0, 0.1) is 0 Å². The second-order valence-corrected chi connectivity index (χ2v) is 10.0. The van der Waals surface area contributed by atoms with E-state index in [1.807, 2.05) is 36.8 Å². The van der Waals surface area contributed by atoms with Crippen LogP contribution >= 0.6 is 0 Å². The third-order valence-electron chi connectivity index (χ3n) is 7.63. The summed E-state index contributed by atoms with van der Waals surface area (Å²) in [6.45, 7) is 2.32. The van der Waals surface area contributed by atoms with E-state index in [2.05, 4.69) is 82.5 Å². The highest BCUT2D eigenvalue weighted by Crippen LogP contribution is 2.41. The summed E-state index contributed by atoms with van der Waals surface area (Å²) in [5, 5.41) is 5.30. The normalized spacial score (nSPS) is 11.4. The number of hydrogen-bond donors (Lipinski definition) is 0. The van der Waals surface area contributed by atoms with E-state index in [1.54, 1.807) is 31.9 Å². The first-order valence-electron chi connectivity index (χ1n) is 14.1. The van der Waals surface area contributed by atoms with Crippen molar-refractivity contribution in [2.45, 2.75) is 19.0 Å². The summed E-state index contributed by atoms with van der Waals surface area (Å²) in [5.41, 5.74) is 4.29. The number of nitrogens with zero attached hydrogens (tertiary/aromatic N) is 4. The summed E-state index contributed by atoms with van der Waals surface area (Å²) in [6, 6.07) is 34.9. The molecule has 8 nitrogen and oxygen atoms in total. The minimum atomic E-state index is -0.687. The zero-order chi connectivity index (χ0) is 29.8. The van der Waals surface area contributed by atoms with Crippen LogP contribution in [-0.2, 0) is 16.8 Å². The lowest BCUT2D eigenvalue weighted by Crippen LogP contribution is -2.36. The van der Waals surface area contributed by atoms with Crippen LogP contribution in [0.5, 0.6) is 11.5 Å². The van der Waals surface area contributed by atoms with Gasteiger partial charge < -0.3 is 18.8 Å². The van der Waals surface area contributed by atoms with Crippen LogP contribution in [0.1, 0.15) is 39.8 Å². The Bertz CT molecular complexity index is 1750. The molecule has 0 aliphatic carbocycles. The summed E-state index contributed by atoms with van der Waals surface area (Å²) in [6.07, 6.45) is 3.91. The van der Waals surface area contributed by atoms with Crippen molar-refractivity contribution < 1.29 is 19.0 Å². The van der Waals surface area contributed by atoms with Gasteiger partial charge in [0.25, 0.3) is 0 Å². The van der Waals surface area contributed by atoms with Crippen molar-refractivity contribution in [3.05, 3.63) is 144 Å². The number of fused-ring (bicyclic) bond motifs is 1. The van der Waals surface area contributed by atoms with Crippen LogP contribution in [-0.4, -0.2) is 46.1 Å². The van der Waals surface area contributed by atoms with Gasteiger partial charge in [0.2, 0.25) is 0 Å². The summed E-state index contributed by atoms with van der Waals surface area (Å²) in [7, 11) is 3.14. The highest BCUT2D eigenvalue weighted by molar-refractivity contribution is 6.03. The third kappa shape index (κ3) is 4.91. The van der Waals surface area contributed by atoms with Crippen molar-refractivity contribution >= 4 is 16.9 Å². The minimum Gasteiger partial charge on any atom is -0.493 e. The summed E-state index contributed by atoms with van der Waals surface area (Å²) < 4.78 is 20.3. The lowest BCUT2D eigenvalue weighted by molar-refractivity contribution is 0.0520. The smallest absolute Gasteiger partial charge is 0.359 e. The van der Waals surface area contributed by atoms with Crippen molar-refractivity contribution in [1.29, 1.82) is 0 Å². The van der Waals surface area contributed by atoms with Crippen molar-refractivity contribution in [2.24, 2.45) is 0 Å². The largest absolute Gasteiger partial charge is 0.493 e. The molecule has 0 radical (unpaired) electrons. The molecule has 6 aromatic rings. The maximum absolute atomic E-state index is 12.9. The van der Waals surface area contributed by atoms with Crippen molar-refractivity contribution in [3.8, 4) is 11.5 Å². The number of aromatic nitrogens is 4. The molecule has 0 unspecified atom stereocenters. The Morgan fingerprint density at radius 1 is 0.791 bits per heavy atom. The van der Waals surface area contributed by atoms with E-state index in [0.717, 1.165) is 22.4 Å². The maximum Gasteiger partial charge on any atom is 0.359 e. The quantitative estimate of drug-likeness (QED) is 0.141. The number of methoxy groups -OCH3 is 2. The molecular formula is C35H32N4O4. The summed E-state index contributed by atoms with van der Waals surface area (Å²) >= 11 is 0. The lowest BCUT2D eigenvalue weighted by Gasteiger charge is -2.37. The van der Waals surface area contributed by atoms with Gasteiger partial charge in [-0.2, -0.15) is 5.10 Å². The van der Waals surface area contributed by atoms with Gasteiger partial charge in [0, 0.05) is 17.6 Å². The van der Waals surface area contributed by atoms with Crippen LogP contribution in [0.3, 0.4) is 0 Å². The van der Waals surface area contributed by atoms with Gasteiger partial charge in [0.05, 0.1) is 44.9 Å². The Balaban J connectivity index is 1.51. The fourth-order valence-corrected chi connectivity index (χ4v) is 5.74. The maximum atomic E-state index is 12.9. The molecule has 2 aromatic heterocycles. The topological polar surface area (TPSA) is 80.4 Å². The second kappa shape index (κ2) is 11.9. The van der Waals surface area contributed by atoms with Gasteiger partial charge >= 0.3 is 5.97 Å². The van der Waals surface area contributed by atoms with Gasteiger partial charge in [0.1, 0.15) is 5.54 Å². The highest BCUT2D eigenvalue weighted by atomic mass is 16.5. The molecule has 4 aromatic carbocycles. The van der Waals surface area contributed by atoms with Gasteiger partial charge in [-0.1, -0.05) is 91.0 Å². The Morgan fingerprint density at radius 3 is 1.84 bits per heavy atom. The number of ether oxygens (including phenoxy) is 3. The summed E-state index contributed by atoms with van der Waals surface area (Å²) in [5.74, 6) is 0.538. The number of carbonyl (C=O) groups is 1. The average molecular weight is 573 g/mol. The predicted molar refractivity (Wildman–Crippen MR) is 165 cm³/mol. The van der Waals surface area contributed by atoms with Gasteiger partial charge in [-0.05, 0) is 29.7 Å². The molecule has 0 bridgehead atoms.